The number of nitrogens with zero attached hydrogens (tertiary/aromatic N) is 1. The molecule has 2 aromatic carbocycles. The fourth-order valence-corrected chi connectivity index (χ4v) is 2.67. The molecule has 0 saturated heterocycles. The van der Waals surface area contributed by atoms with Gasteiger partial charge in [0.1, 0.15) is 5.82 Å². The second-order valence-corrected chi connectivity index (χ2v) is 6.36. The molecule has 0 aliphatic rings. The van der Waals surface area contributed by atoms with Gasteiger partial charge in [-0.25, -0.2) is 4.39 Å². The number of halogens is 1. The third-order valence-electron chi connectivity index (χ3n) is 4.24. The summed E-state index contributed by atoms with van der Waals surface area (Å²) in [6, 6.07) is 14.4. The van der Waals surface area contributed by atoms with Gasteiger partial charge in [0.15, 0.2) is 0 Å². The van der Waals surface area contributed by atoms with Gasteiger partial charge in [0.2, 0.25) is 11.8 Å². The van der Waals surface area contributed by atoms with E-state index in [0.717, 1.165) is 11.1 Å². The summed E-state index contributed by atoms with van der Waals surface area (Å²) in [6.45, 7) is 4.69. The minimum Gasteiger partial charge on any atom is -0.354 e. The van der Waals surface area contributed by atoms with E-state index in [1.807, 2.05) is 31.2 Å². The summed E-state index contributed by atoms with van der Waals surface area (Å²) in [6.07, 6.45) is 0.763. The Hall–Kier alpha value is -2.69. The molecule has 0 aliphatic carbocycles. The lowest BCUT2D eigenvalue weighted by molar-refractivity contribution is -0.129. The molecular weight excluding hydrogens is 331 g/mol. The molecule has 0 atom stereocenters. The lowest BCUT2D eigenvalue weighted by atomic mass is 10.1. The Morgan fingerprint density at radius 1 is 1.04 bits per heavy atom. The highest BCUT2D eigenvalue weighted by Crippen LogP contribution is 2.08. The van der Waals surface area contributed by atoms with Crippen LogP contribution in [0.4, 0.5) is 4.39 Å². The van der Waals surface area contributed by atoms with E-state index in [-0.39, 0.29) is 17.6 Å². The van der Waals surface area contributed by atoms with Crippen LogP contribution in [0.5, 0.6) is 0 Å². The summed E-state index contributed by atoms with van der Waals surface area (Å²) in [4.78, 5) is 25.4. The van der Waals surface area contributed by atoms with Crippen LogP contribution in [-0.2, 0) is 22.4 Å². The Morgan fingerprint density at radius 3 is 2.38 bits per heavy atom. The fourth-order valence-electron chi connectivity index (χ4n) is 2.67. The molecule has 1 N–H and O–H groups in total. The molecule has 2 amide bonds. The standard InChI is InChI=1S/C21H25FN2O2/c1-16-7-9-18(10-8-16)15-21(26)23-12-14-24(17(2)25)13-11-19-5-3-4-6-20(19)22/h3-10H,11-15H2,1-2H3,(H,23,26). The summed E-state index contributed by atoms with van der Waals surface area (Å²) >= 11 is 0. The Labute approximate surface area is 154 Å². The van der Waals surface area contributed by atoms with Crippen molar-refractivity contribution >= 4 is 11.8 Å². The van der Waals surface area contributed by atoms with Crippen LogP contribution >= 0.6 is 0 Å². The van der Waals surface area contributed by atoms with Gasteiger partial charge in [-0.1, -0.05) is 48.0 Å². The number of carbonyl (C=O) groups is 2. The summed E-state index contributed by atoms with van der Waals surface area (Å²) in [5.74, 6) is -0.428. The molecule has 0 saturated carbocycles. The quantitative estimate of drug-likeness (QED) is 0.791. The summed E-state index contributed by atoms with van der Waals surface area (Å²) in [5, 5.41) is 2.83. The molecule has 4 nitrogen and oxygen atoms in total. The van der Waals surface area contributed by atoms with Crippen LogP contribution in [0.15, 0.2) is 48.5 Å². The van der Waals surface area contributed by atoms with Gasteiger partial charge in [-0.05, 0) is 30.5 Å². The second kappa shape index (κ2) is 9.70. The van der Waals surface area contributed by atoms with Gasteiger partial charge in [0, 0.05) is 26.6 Å². The first-order valence-corrected chi connectivity index (χ1v) is 8.77. The molecule has 0 radical (unpaired) electrons. The number of carbonyl (C=O) groups excluding carboxylic acids is 2. The van der Waals surface area contributed by atoms with E-state index in [2.05, 4.69) is 5.32 Å². The van der Waals surface area contributed by atoms with Crippen LogP contribution < -0.4 is 5.32 Å². The maximum atomic E-state index is 13.7. The molecule has 0 aliphatic heterocycles. The molecular formula is C21H25FN2O2. The molecule has 2 aromatic rings. The van der Waals surface area contributed by atoms with Crippen LogP contribution in [0.1, 0.15) is 23.6 Å². The van der Waals surface area contributed by atoms with Crippen LogP contribution in [0.2, 0.25) is 0 Å². The van der Waals surface area contributed by atoms with Crippen molar-refractivity contribution in [3.8, 4) is 0 Å². The normalized spacial score (nSPS) is 10.4. The van der Waals surface area contributed by atoms with Gasteiger partial charge < -0.3 is 10.2 Å². The summed E-state index contributed by atoms with van der Waals surface area (Å²) in [5.41, 5.74) is 2.69. The lowest BCUT2D eigenvalue weighted by Gasteiger charge is -2.21. The van der Waals surface area contributed by atoms with Crippen LogP contribution in [0.25, 0.3) is 0 Å². The number of hydrogen-bond donors (Lipinski definition) is 1. The molecule has 0 heterocycles. The average molecular weight is 356 g/mol. The van der Waals surface area contributed by atoms with Gasteiger partial charge in [-0.3, -0.25) is 9.59 Å². The van der Waals surface area contributed by atoms with Crippen molar-refractivity contribution in [3.05, 3.63) is 71.0 Å². The van der Waals surface area contributed by atoms with Gasteiger partial charge >= 0.3 is 0 Å². The predicted octanol–water partition coefficient (Wildman–Crippen LogP) is 2.88. The van der Waals surface area contributed by atoms with Crippen LogP contribution in [0.3, 0.4) is 0 Å². The van der Waals surface area contributed by atoms with Gasteiger partial charge in [-0.2, -0.15) is 0 Å². The van der Waals surface area contributed by atoms with E-state index in [1.165, 1.54) is 13.0 Å². The number of aryl methyl sites for hydroxylation is 1. The third-order valence-corrected chi connectivity index (χ3v) is 4.24. The number of nitrogens with one attached hydrogen (secondary N) is 1. The van der Waals surface area contributed by atoms with E-state index in [1.54, 1.807) is 23.1 Å². The fraction of sp³-hybridized carbons (Fsp3) is 0.333. The van der Waals surface area contributed by atoms with E-state index in [9.17, 15) is 14.0 Å². The zero-order valence-electron chi connectivity index (χ0n) is 15.3. The van der Waals surface area contributed by atoms with E-state index in [4.69, 9.17) is 0 Å². The summed E-state index contributed by atoms with van der Waals surface area (Å²) in [7, 11) is 0. The topological polar surface area (TPSA) is 49.4 Å². The van der Waals surface area contributed by atoms with Crippen molar-refractivity contribution in [1.82, 2.24) is 10.2 Å². The largest absolute Gasteiger partial charge is 0.354 e. The Morgan fingerprint density at radius 2 is 1.73 bits per heavy atom. The van der Waals surface area contributed by atoms with E-state index in [0.29, 0.717) is 38.0 Å². The Balaban J connectivity index is 1.77. The molecule has 0 bridgehead atoms. The SMILES string of the molecule is CC(=O)N(CCNC(=O)Cc1ccc(C)cc1)CCc1ccccc1F. The number of rotatable bonds is 8. The maximum Gasteiger partial charge on any atom is 0.224 e. The predicted molar refractivity (Wildman–Crippen MR) is 100 cm³/mol. The van der Waals surface area contributed by atoms with Crippen molar-refractivity contribution < 1.29 is 14.0 Å². The number of amides is 2. The van der Waals surface area contributed by atoms with Crippen molar-refractivity contribution in [2.75, 3.05) is 19.6 Å². The molecule has 0 unspecified atom stereocenters. The molecule has 0 aromatic heterocycles. The van der Waals surface area contributed by atoms with Gasteiger partial charge in [0.25, 0.3) is 0 Å². The molecule has 0 spiro atoms. The first-order chi connectivity index (χ1) is 12.5. The lowest BCUT2D eigenvalue weighted by Crippen LogP contribution is -2.39. The van der Waals surface area contributed by atoms with E-state index < -0.39 is 0 Å². The number of benzene rings is 2. The first kappa shape index (κ1) is 19.6. The zero-order chi connectivity index (χ0) is 18.9. The van der Waals surface area contributed by atoms with Crippen molar-refractivity contribution in [2.45, 2.75) is 26.7 Å². The minimum atomic E-state index is -0.262. The second-order valence-electron chi connectivity index (χ2n) is 6.36. The van der Waals surface area contributed by atoms with Crippen LogP contribution in [-0.4, -0.2) is 36.3 Å². The van der Waals surface area contributed by atoms with Gasteiger partial charge in [-0.15, -0.1) is 0 Å². The highest BCUT2D eigenvalue weighted by Gasteiger charge is 2.11. The molecule has 0 fully saturated rings. The van der Waals surface area contributed by atoms with Crippen molar-refractivity contribution in [1.29, 1.82) is 0 Å². The Kier molecular flexibility index (Phi) is 7.33. The summed E-state index contributed by atoms with van der Waals surface area (Å²) < 4.78 is 13.7. The minimum absolute atomic E-state index is 0.0774. The zero-order valence-corrected chi connectivity index (χ0v) is 15.3. The Bertz CT molecular complexity index is 744. The number of hydrogen-bond acceptors (Lipinski definition) is 2. The molecule has 26 heavy (non-hydrogen) atoms. The van der Waals surface area contributed by atoms with Crippen molar-refractivity contribution in [2.24, 2.45) is 0 Å². The highest BCUT2D eigenvalue weighted by atomic mass is 19.1. The molecule has 138 valence electrons. The monoisotopic (exact) mass is 356 g/mol. The van der Waals surface area contributed by atoms with E-state index >= 15 is 0 Å². The first-order valence-electron chi connectivity index (χ1n) is 8.77. The van der Waals surface area contributed by atoms with Crippen LogP contribution in [0, 0.1) is 12.7 Å². The average Bonchev–Trinajstić information content (AvgIpc) is 2.61. The van der Waals surface area contributed by atoms with Gasteiger partial charge in [0.05, 0.1) is 6.42 Å². The highest BCUT2D eigenvalue weighted by molar-refractivity contribution is 5.78. The maximum absolute atomic E-state index is 13.7. The molecule has 5 heteroatoms. The smallest absolute Gasteiger partial charge is 0.224 e. The third kappa shape index (κ3) is 6.31. The van der Waals surface area contributed by atoms with Crippen molar-refractivity contribution in [3.63, 3.8) is 0 Å². The molecule has 2 rings (SSSR count).